The molecule has 0 aliphatic carbocycles. The van der Waals surface area contributed by atoms with Crippen molar-refractivity contribution in [3.8, 4) is 0 Å². The van der Waals surface area contributed by atoms with Gasteiger partial charge in [-0.1, -0.05) is 49.5 Å². The lowest BCUT2D eigenvalue weighted by Gasteiger charge is -2.18. The maximum Gasteiger partial charge on any atom is 0.142 e. The third-order valence-corrected chi connectivity index (χ3v) is 4.28. The van der Waals surface area contributed by atoms with E-state index in [1.54, 1.807) is 6.07 Å². The highest BCUT2D eigenvalue weighted by Gasteiger charge is 2.12. The molecule has 1 nitrogen and oxygen atoms in total. The molecule has 0 aliphatic heterocycles. The van der Waals surface area contributed by atoms with Crippen molar-refractivity contribution in [1.29, 1.82) is 0 Å². The zero-order valence-electron chi connectivity index (χ0n) is 10.8. The van der Waals surface area contributed by atoms with E-state index in [0.29, 0.717) is 6.42 Å². The van der Waals surface area contributed by atoms with E-state index in [9.17, 15) is 4.39 Å². The molecule has 1 unspecified atom stereocenters. The Morgan fingerprint density at radius 1 is 1.15 bits per heavy atom. The summed E-state index contributed by atoms with van der Waals surface area (Å²) in [5.74, 6) is -0.380. The quantitative estimate of drug-likeness (QED) is 0.687. The van der Waals surface area contributed by atoms with Crippen molar-refractivity contribution < 1.29 is 4.39 Å². The molecule has 0 aromatic heterocycles. The molecule has 0 bridgehead atoms. The summed E-state index contributed by atoms with van der Waals surface area (Å²) < 4.78 is 15.5. The molecule has 2 rings (SSSR count). The van der Waals surface area contributed by atoms with Gasteiger partial charge in [-0.05, 0) is 54.9 Å². The van der Waals surface area contributed by atoms with E-state index in [-0.39, 0.29) is 16.9 Å². The van der Waals surface area contributed by atoms with Crippen LogP contribution in [0.5, 0.6) is 0 Å². The van der Waals surface area contributed by atoms with Gasteiger partial charge in [-0.2, -0.15) is 0 Å². The minimum absolute atomic E-state index is 0.101. The van der Waals surface area contributed by atoms with Crippen LogP contribution in [-0.2, 0) is 6.42 Å². The molecular weight excluding hydrogens is 408 g/mol. The van der Waals surface area contributed by atoms with E-state index in [4.69, 9.17) is 11.6 Å². The van der Waals surface area contributed by atoms with Gasteiger partial charge in [-0.25, -0.2) is 4.39 Å². The summed E-state index contributed by atoms with van der Waals surface area (Å²) in [6.07, 6.45) is 0.688. The number of rotatable bonds is 4. The van der Waals surface area contributed by atoms with Crippen molar-refractivity contribution in [2.45, 2.75) is 12.5 Å². The second-order valence-electron chi connectivity index (χ2n) is 4.50. The van der Waals surface area contributed by atoms with Crippen molar-refractivity contribution >= 4 is 43.5 Å². The Labute approximate surface area is 139 Å². The molecule has 106 valence electrons. The topological polar surface area (TPSA) is 12.0 Å². The SMILES string of the molecule is CNC(Cc1ccc(Cl)c(F)c1)c1cc(Br)cc(Br)c1. The first-order valence-corrected chi connectivity index (χ1v) is 8.03. The largest absolute Gasteiger partial charge is 0.313 e. The highest BCUT2D eigenvalue weighted by Crippen LogP contribution is 2.27. The predicted octanol–water partition coefficient (Wildman–Crippen LogP) is 5.51. The van der Waals surface area contributed by atoms with Crippen molar-refractivity contribution in [3.63, 3.8) is 0 Å². The highest BCUT2D eigenvalue weighted by molar-refractivity contribution is 9.11. The van der Waals surface area contributed by atoms with Gasteiger partial charge < -0.3 is 5.32 Å². The summed E-state index contributed by atoms with van der Waals surface area (Å²) in [5, 5.41) is 3.41. The van der Waals surface area contributed by atoms with Crippen LogP contribution in [0.1, 0.15) is 17.2 Å². The normalized spacial score (nSPS) is 12.4. The van der Waals surface area contributed by atoms with E-state index in [1.165, 1.54) is 6.07 Å². The first kappa shape index (κ1) is 16.0. The maximum atomic E-state index is 13.5. The van der Waals surface area contributed by atoms with Gasteiger partial charge in [0.15, 0.2) is 0 Å². The molecule has 0 aliphatic rings. The zero-order chi connectivity index (χ0) is 14.7. The summed E-state index contributed by atoms with van der Waals surface area (Å²) in [6.45, 7) is 0. The molecule has 0 heterocycles. The molecule has 2 aromatic rings. The molecule has 5 heteroatoms. The number of hydrogen-bond acceptors (Lipinski definition) is 1. The molecule has 0 spiro atoms. The van der Waals surface area contributed by atoms with Crippen LogP contribution in [0.15, 0.2) is 45.3 Å². The maximum absolute atomic E-state index is 13.5. The van der Waals surface area contributed by atoms with Gasteiger partial charge in [0.25, 0.3) is 0 Å². The van der Waals surface area contributed by atoms with Crippen molar-refractivity contribution in [2.24, 2.45) is 0 Å². The molecule has 1 N–H and O–H groups in total. The smallest absolute Gasteiger partial charge is 0.142 e. The number of hydrogen-bond donors (Lipinski definition) is 1. The molecule has 0 saturated heterocycles. The van der Waals surface area contributed by atoms with Crippen LogP contribution in [0.25, 0.3) is 0 Å². The van der Waals surface area contributed by atoms with Crippen LogP contribution in [0.2, 0.25) is 5.02 Å². The molecular formula is C15H13Br2ClFN. The van der Waals surface area contributed by atoms with Crippen LogP contribution in [0, 0.1) is 5.82 Å². The summed E-state index contributed by atoms with van der Waals surface area (Å²) >= 11 is 12.7. The number of nitrogens with one attached hydrogen (secondary N) is 1. The minimum Gasteiger partial charge on any atom is -0.313 e. The fourth-order valence-electron chi connectivity index (χ4n) is 2.07. The Kier molecular flexibility index (Phi) is 5.61. The van der Waals surface area contributed by atoms with E-state index >= 15 is 0 Å². The van der Waals surface area contributed by atoms with Crippen LogP contribution >= 0.6 is 43.5 Å². The Bertz CT molecular complexity index is 599. The molecule has 0 radical (unpaired) electrons. The lowest BCUT2D eigenvalue weighted by Crippen LogP contribution is -2.19. The number of likely N-dealkylation sites (N-methyl/N-ethyl adjacent to an activating group) is 1. The third-order valence-electron chi connectivity index (χ3n) is 3.06. The van der Waals surface area contributed by atoms with Gasteiger partial charge in [0.05, 0.1) is 5.02 Å². The third kappa shape index (κ3) is 4.04. The first-order chi connectivity index (χ1) is 9.49. The van der Waals surface area contributed by atoms with Gasteiger partial charge in [-0.3, -0.25) is 0 Å². The van der Waals surface area contributed by atoms with Crippen molar-refractivity contribution in [3.05, 3.63) is 67.3 Å². The predicted molar refractivity (Wildman–Crippen MR) is 88.8 cm³/mol. The summed E-state index contributed by atoms with van der Waals surface area (Å²) in [4.78, 5) is 0. The van der Waals surface area contributed by atoms with E-state index < -0.39 is 0 Å². The van der Waals surface area contributed by atoms with Crippen LogP contribution < -0.4 is 5.32 Å². The lowest BCUT2D eigenvalue weighted by atomic mass is 9.99. The van der Waals surface area contributed by atoms with Gasteiger partial charge >= 0.3 is 0 Å². The van der Waals surface area contributed by atoms with Crippen molar-refractivity contribution in [1.82, 2.24) is 5.32 Å². The van der Waals surface area contributed by atoms with Gasteiger partial charge in [0.2, 0.25) is 0 Å². The Balaban J connectivity index is 2.26. The fraction of sp³-hybridized carbons (Fsp3) is 0.200. The molecule has 20 heavy (non-hydrogen) atoms. The Morgan fingerprint density at radius 3 is 2.35 bits per heavy atom. The Morgan fingerprint density at radius 2 is 1.80 bits per heavy atom. The van der Waals surface area contributed by atoms with Gasteiger partial charge in [-0.15, -0.1) is 0 Å². The van der Waals surface area contributed by atoms with E-state index in [1.807, 2.05) is 19.2 Å². The lowest BCUT2D eigenvalue weighted by molar-refractivity contribution is 0.584. The highest BCUT2D eigenvalue weighted by atomic mass is 79.9. The standard InChI is InChI=1S/C15H13Br2ClFN/c1-20-15(10-6-11(16)8-12(17)7-10)5-9-2-3-13(18)14(19)4-9/h2-4,6-8,15,20H,5H2,1H3. The number of benzene rings is 2. The molecule has 1 atom stereocenters. The minimum atomic E-state index is -0.380. The van der Waals surface area contributed by atoms with Crippen LogP contribution in [0.3, 0.4) is 0 Å². The zero-order valence-corrected chi connectivity index (χ0v) is 14.7. The van der Waals surface area contributed by atoms with Gasteiger partial charge in [0.1, 0.15) is 5.82 Å². The fourth-order valence-corrected chi connectivity index (χ4v) is 3.51. The van der Waals surface area contributed by atoms with E-state index in [2.05, 4.69) is 49.3 Å². The molecule has 2 aromatic carbocycles. The summed E-state index contributed by atoms with van der Waals surface area (Å²) in [5.41, 5.74) is 2.03. The number of halogens is 4. The van der Waals surface area contributed by atoms with E-state index in [0.717, 1.165) is 20.1 Å². The molecule has 0 saturated carbocycles. The summed E-state index contributed by atoms with van der Waals surface area (Å²) in [6, 6.07) is 11.1. The Hall–Kier alpha value is -0.420. The second kappa shape index (κ2) is 7.03. The van der Waals surface area contributed by atoms with Gasteiger partial charge in [0, 0.05) is 15.0 Å². The van der Waals surface area contributed by atoms with Crippen LogP contribution in [-0.4, -0.2) is 7.05 Å². The average Bonchev–Trinajstić information content (AvgIpc) is 2.38. The van der Waals surface area contributed by atoms with Crippen LogP contribution in [0.4, 0.5) is 4.39 Å². The first-order valence-electron chi connectivity index (χ1n) is 6.07. The molecule has 0 amide bonds. The average molecular weight is 422 g/mol. The summed E-state index contributed by atoms with van der Waals surface area (Å²) in [7, 11) is 1.89. The second-order valence-corrected chi connectivity index (χ2v) is 6.74. The van der Waals surface area contributed by atoms with Crippen molar-refractivity contribution in [2.75, 3.05) is 7.05 Å². The monoisotopic (exact) mass is 419 g/mol. The molecule has 0 fully saturated rings.